The van der Waals surface area contributed by atoms with Crippen molar-refractivity contribution >= 4 is 15.9 Å². The lowest BCUT2D eigenvalue weighted by Gasteiger charge is -2.24. The lowest BCUT2D eigenvalue weighted by molar-refractivity contribution is 0.0375. The highest BCUT2D eigenvalue weighted by molar-refractivity contribution is 9.09. The molecule has 1 aliphatic carbocycles. The number of alkyl halides is 1. The van der Waals surface area contributed by atoms with E-state index in [-0.39, 0.29) is 5.60 Å². The van der Waals surface area contributed by atoms with Gasteiger partial charge < -0.3 is 4.74 Å². The predicted molar refractivity (Wildman–Crippen MR) is 62.8 cm³/mol. The molecule has 14 heavy (non-hydrogen) atoms. The molecule has 0 spiro atoms. The maximum Gasteiger partial charge on any atom is 0.0754 e. The third-order valence-electron chi connectivity index (χ3n) is 3.86. The van der Waals surface area contributed by atoms with Crippen LogP contribution in [0.4, 0.5) is 0 Å². The summed E-state index contributed by atoms with van der Waals surface area (Å²) < 4.78 is 5.83. The van der Waals surface area contributed by atoms with Crippen molar-refractivity contribution in [2.24, 2.45) is 11.8 Å². The summed E-state index contributed by atoms with van der Waals surface area (Å²) in [5.74, 6) is 1.73. The Balaban J connectivity index is 1.87. The van der Waals surface area contributed by atoms with Gasteiger partial charge in [-0.3, -0.25) is 0 Å². The van der Waals surface area contributed by atoms with Crippen LogP contribution in [0.15, 0.2) is 0 Å². The average Bonchev–Trinajstić information content (AvgIpc) is 2.70. The Bertz CT molecular complexity index is 196. The molecule has 1 aliphatic heterocycles. The summed E-state index contributed by atoms with van der Waals surface area (Å²) in [6.45, 7) is 5.35. The Morgan fingerprint density at radius 3 is 2.43 bits per heavy atom. The molecule has 0 aromatic heterocycles. The molecule has 2 fully saturated rings. The van der Waals surface area contributed by atoms with Gasteiger partial charge in [-0.25, -0.2) is 0 Å². The van der Waals surface area contributed by atoms with Crippen molar-refractivity contribution in [2.45, 2.75) is 56.4 Å². The number of halogens is 1. The minimum atomic E-state index is 0.0449. The monoisotopic (exact) mass is 260 g/mol. The van der Waals surface area contributed by atoms with Crippen molar-refractivity contribution in [3.8, 4) is 0 Å². The second-order valence-electron chi connectivity index (χ2n) is 5.46. The summed E-state index contributed by atoms with van der Waals surface area (Å²) in [6.07, 6.45) is 7.19. The molecule has 2 heteroatoms. The largest absolute Gasteiger partial charge is 0.374 e. The zero-order valence-electron chi connectivity index (χ0n) is 9.26. The van der Waals surface area contributed by atoms with Gasteiger partial charge in [0.25, 0.3) is 0 Å². The van der Waals surface area contributed by atoms with Gasteiger partial charge in [0.1, 0.15) is 0 Å². The molecule has 0 N–H and O–H groups in total. The van der Waals surface area contributed by atoms with Crippen molar-refractivity contribution in [1.29, 1.82) is 0 Å². The molecule has 1 nitrogen and oxygen atoms in total. The molecule has 82 valence electrons. The fraction of sp³-hybridized carbons (Fsp3) is 1.00. The van der Waals surface area contributed by atoms with Crippen molar-refractivity contribution < 1.29 is 4.74 Å². The summed E-state index contributed by atoms with van der Waals surface area (Å²) in [4.78, 5) is 0.551. The molecule has 0 aromatic rings. The van der Waals surface area contributed by atoms with Crippen LogP contribution in [0.25, 0.3) is 0 Å². The summed E-state index contributed by atoms with van der Waals surface area (Å²) in [6, 6.07) is 0. The highest BCUT2D eigenvalue weighted by Gasteiger charge is 2.42. The van der Waals surface area contributed by atoms with Crippen LogP contribution in [0.3, 0.4) is 0 Å². The van der Waals surface area contributed by atoms with Gasteiger partial charge in [-0.15, -0.1) is 0 Å². The topological polar surface area (TPSA) is 9.23 Å². The van der Waals surface area contributed by atoms with E-state index in [4.69, 9.17) is 4.74 Å². The van der Waals surface area contributed by atoms with Gasteiger partial charge in [0.05, 0.1) is 12.2 Å². The lowest BCUT2D eigenvalue weighted by Crippen LogP contribution is -2.30. The maximum atomic E-state index is 5.83. The summed E-state index contributed by atoms with van der Waals surface area (Å²) >= 11 is 3.81. The molecule has 2 rings (SSSR count). The van der Waals surface area contributed by atoms with E-state index in [1.165, 1.54) is 32.1 Å². The first-order valence-electron chi connectivity index (χ1n) is 5.87. The Labute approximate surface area is 95.7 Å². The zero-order valence-corrected chi connectivity index (χ0v) is 10.8. The highest BCUT2D eigenvalue weighted by Crippen LogP contribution is 2.41. The van der Waals surface area contributed by atoms with Crippen LogP contribution >= 0.6 is 15.9 Å². The smallest absolute Gasteiger partial charge is 0.0754 e. The summed E-state index contributed by atoms with van der Waals surface area (Å²) in [7, 11) is 0. The fourth-order valence-electron chi connectivity index (χ4n) is 2.92. The molecule has 0 amide bonds. The number of ether oxygens (including phenoxy) is 1. The predicted octanol–water partition coefficient (Wildman–Crippen LogP) is 3.76. The zero-order chi connectivity index (χ0) is 10.2. The van der Waals surface area contributed by atoms with E-state index < -0.39 is 0 Å². The third kappa shape index (κ3) is 2.16. The first-order valence-corrected chi connectivity index (χ1v) is 6.79. The first kappa shape index (κ1) is 10.9. The molecular formula is C12H21BrO. The van der Waals surface area contributed by atoms with Gasteiger partial charge in [0, 0.05) is 4.83 Å². The van der Waals surface area contributed by atoms with Crippen LogP contribution in [0.5, 0.6) is 0 Å². The second kappa shape index (κ2) is 4.13. The average molecular weight is 261 g/mol. The Kier molecular flexibility index (Phi) is 3.23. The Morgan fingerprint density at radius 2 is 1.93 bits per heavy atom. The van der Waals surface area contributed by atoms with Crippen molar-refractivity contribution in [1.82, 2.24) is 0 Å². The van der Waals surface area contributed by atoms with Gasteiger partial charge >= 0.3 is 0 Å². The number of rotatable bonds is 2. The van der Waals surface area contributed by atoms with Gasteiger partial charge in [0.2, 0.25) is 0 Å². The quantitative estimate of drug-likeness (QED) is 0.688. The standard InChI is InChI=1S/C12H21BrO/c1-12(2)11(13)10(8-14-12)7-9-5-3-4-6-9/h9-11H,3-8H2,1-2H3. The minimum absolute atomic E-state index is 0.0449. The first-order chi connectivity index (χ1) is 6.59. The summed E-state index contributed by atoms with van der Waals surface area (Å²) in [5, 5.41) is 0. The van der Waals surface area contributed by atoms with Crippen LogP contribution in [0.1, 0.15) is 46.0 Å². The Morgan fingerprint density at radius 1 is 1.29 bits per heavy atom. The molecule has 1 saturated carbocycles. The summed E-state index contributed by atoms with van der Waals surface area (Å²) in [5.41, 5.74) is 0.0449. The molecule has 0 aromatic carbocycles. The lowest BCUT2D eigenvalue weighted by atomic mass is 9.88. The molecule has 1 heterocycles. The highest BCUT2D eigenvalue weighted by atomic mass is 79.9. The van der Waals surface area contributed by atoms with Crippen LogP contribution < -0.4 is 0 Å². The normalized spacial score (nSPS) is 37.9. The van der Waals surface area contributed by atoms with Gasteiger partial charge in [-0.2, -0.15) is 0 Å². The minimum Gasteiger partial charge on any atom is -0.374 e. The maximum absolute atomic E-state index is 5.83. The molecular weight excluding hydrogens is 240 g/mol. The molecule has 0 bridgehead atoms. The fourth-order valence-corrected chi connectivity index (χ4v) is 3.42. The van der Waals surface area contributed by atoms with E-state index in [0.29, 0.717) is 4.83 Å². The van der Waals surface area contributed by atoms with Crippen molar-refractivity contribution in [2.75, 3.05) is 6.61 Å². The second-order valence-corrected chi connectivity index (χ2v) is 6.45. The van der Waals surface area contributed by atoms with Crippen LogP contribution in [0, 0.1) is 11.8 Å². The van der Waals surface area contributed by atoms with Crippen molar-refractivity contribution in [3.63, 3.8) is 0 Å². The van der Waals surface area contributed by atoms with E-state index in [9.17, 15) is 0 Å². The van der Waals surface area contributed by atoms with E-state index in [1.807, 2.05) is 0 Å². The molecule has 0 radical (unpaired) electrons. The van der Waals surface area contributed by atoms with Crippen molar-refractivity contribution in [3.05, 3.63) is 0 Å². The molecule has 2 atom stereocenters. The van der Waals surface area contributed by atoms with Crippen LogP contribution in [0.2, 0.25) is 0 Å². The molecule has 2 aliphatic rings. The van der Waals surface area contributed by atoms with Gasteiger partial charge in [-0.1, -0.05) is 41.6 Å². The van der Waals surface area contributed by atoms with Crippen LogP contribution in [-0.2, 0) is 4.74 Å². The number of hydrogen-bond acceptors (Lipinski definition) is 1. The van der Waals surface area contributed by atoms with E-state index in [1.54, 1.807) is 0 Å². The third-order valence-corrected chi connectivity index (χ3v) is 5.71. The van der Waals surface area contributed by atoms with E-state index in [0.717, 1.165) is 18.4 Å². The number of hydrogen-bond donors (Lipinski definition) is 0. The van der Waals surface area contributed by atoms with E-state index >= 15 is 0 Å². The Hall–Kier alpha value is 0.440. The van der Waals surface area contributed by atoms with Gasteiger partial charge in [-0.05, 0) is 32.1 Å². The SMILES string of the molecule is CC1(C)OCC(CC2CCCC2)C1Br. The van der Waals surface area contributed by atoms with E-state index in [2.05, 4.69) is 29.8 Å². The molecule has 1 saturated heterocycles. The van der Waals surface area contributed by atoms with Gasteiger partial charge in [0.15, 0.2) is 0 Å². The molecule has 2 unspecified atom stereocenters. The van der Waals surface area contributed by atoms with Crippen LogP contribution in [-0.4, -0.2) is 17.0 Å².